The Bertz CT molecular complexity index is 81.6. The van der Waals surface area contributed by atoms with Crippen molar-refractivity contribution in [2.24, 2.45) is 5.92 Å². The van der Waals surface area contributed by atoms with Crippen molar-refractivity contribution < 1.29 is 9.84 Å². The molecule has 0 rings (SSSR count). The highest BCUT2D eigenvalue weighted by Gasteiger charge is 2.07. The van der Waals surface area contributed by atoms with Crippen LogP contribution < -0.4 is 0 Å². The Balaban J connectivity index is 3.10. The van der Waals surface area contributed by atoms with Crippen molar-refractivity contribution in [2.45, 2.75) is 39.2 Å². The monoisotopic (exact) mass is 160 g/mol. The maximum absolute atomic E-state index is 9.38. The van der Waals surface area contributed by atoms with E-state index in [0.717, 1.165) is 25.9 Å². The maximum Gasteiger partial charge on any atom is 0.0563 e. The molecule has 0 aromatic carbocycles. The molecule has 0 saturated carbocycles. The van der Waals surface area contributed by atoms with Gasteiger partial charge in [-0.1, -0.05) is 13.8 Å². The number of hydrogen-bond acceptors (Lipinski definition) is 2. The third kappa shape index (κ3) is 6.32. The molecule has 0 fully saturated rings. The van der Waals surface area contributed by atoms with Gasteiger partial charge in [0, 0.05) is 13.7 Å². The molecule has 0 amide bonds. The molecule has 0 spiro atoms. The summed E-state index contributed by atoms with van der Waals surface area (Å²) in [5.41, 5.74) is 0. The van der Waals surface area contributed by atoms with Crippen LogP contribution in [0.3, 0.4) is 0 Å². The second-order valence-corrected chi connectivity index (χ2v) is 3.30. The lowest BCUT2D eigenvalue weighted by Gasteiger charge is -2.13. The van der Waals surface area contributed by atoms with E-state index in [1.807, 2.05) is 13.8 Å². The summed E-state index contributed by atoms with van der Waals surface area (Å²) in [6, 6.07) is 0. The molecular formula is C9H20O2. The summed E-state index contributed by atoms with van der Waals surface area (Å²) in [7, 11) is 1.71. The number of methoxy groups -OCH3 is 1. The molecule has 2 heteroatoms. The van der Waals surface area contributed by atoms with Crippen LogP contribution in [0.4, 0.5) is 0 Å². The molecule has 0 aromatic rings. The number of hydrogen-bond donors (Lipinski definition) is 1. The zero-order valence-electron chi connectivity index (χ0n) is 7.84. The zero-order chi connectivity index (χ0) is 8.69. The topological polar surface area (TPSA) is 29.5 Å². The van der Waals surface area contributed by atoms with E-state index in [9.17, 15) is 5.11 Å². The van der Waals surface area contributed by atoms with Crippen LogP contribution in [-0.2, 0) is 4.74 Å². The molecule has 1 unspecified atom stereocenters. The predicted octanol–water partition coefficient (Wildman–Crippen LogP) is 1.82. The molecule has 0 bridgehead atoms. The van der Waals surface area contributed by atoms with Crippen molar-refractivity contribution in [2.75, 3.05) is 13.7 Å². The van der Waals surface area contributed by atoms with Crippen LogP contribution in [-0.4, -0.2) is 24.9 Å². The smallest absolute Gasteiger partial charge is 0.0563 e. The van der Waals surface area contributed by atoms with Crippen LogP contribution in [0.25, 0.3) is 0 Å². The molecule has 0 radical (unpaired) electrons. The summed E-state index contributed by atoms with van der Waals surface area (Å²) in [6.07, 6.45) is 2.89. The maximum atomic E-state index is 9.38. The van der Waals surface area contributed by atoms with Crippen LogP contribution in [0, 0.1) is 5.92 Å². The Kier molecular flexibility index (Phi) is 6.57. The van der Waals surface area contributed by atoms with E-state index < -0.39 is 0 Å². The average molecular weight is 160 g/mol. The fraction of sp³-hybridized carbons (Fsp3) is 1.00. The third-order valence-electron chi connectivity index (χ3n) is 1.87. The van der Waals surface area contributed by atoms with Gasteiger partial charge in [0.1, 0.15) is 0 Å². The van der Waals surface area contributed by atoms with Gasteiger partial charge in [-0.05, 0) is 25.2 Å². The molecule has 1 N–H and O–H groups in total. The SMILES string of the molecule is COCCCCC(O)C(C)C. The van der Waals surface area contributed by atoms with Gasteiger partial charge in [0.15, 0.2) is 0 Å². The predicted molar refractivity (Wildman–Crippen MR) is 46.6 cm³/mol. The number of aliphatic hydroxyl groups excluding tert-OH is 1. The first-order valence-electron chi connectivity index (χ1n) is 4.35. The van der Waals surface area contributed by atoms with E-state index in [4.69, 9.17) is 4.74 Å². The summed E-state index contributed by atoms with van der Waals surface area (Å²) in [5.74, 6) is 0.387. The lowest BCUT2D eigenvalue weighted by atomic mass is 10.0. The Morgan fingerprint density at radius 1 is 1.27 bits per heavy atom. The summed E-state index contributed by atoms with van der Waals surface area (Å²) in [4.78, 5) is 0. The zero-order valence-corrected chi connectivity index (χ0v) is 7.84. The van der Waals surface area contributed by atoms with E-state index in [-0.39, 0.29) is 6.10 Å². The van der Waals surface area contributed by atoms with E-state index >= 15 is 0 Å². The minimum Gasteiger partial charge on any atom is -0.393 e. The van der Waals surface area contributed by atoms with Gasteiger partial charge >= 0.3 is 0 Å². The Morgan fingerprint density at radius 3 is 2.36 bits per heavy atom. The fourth-order valence-electron chi connectivity index (χ4n) is 0.933. The Hall–Kier alpha value is -0.0800. The molecule has 0 aliphatic rings. The van der Waals surface area contributed by atoms with Crippen molar-refractivity contribution >= 4 is 0 Å². The van der Waals surface area contributed by atoms with Crippen LogP contribution >= 0.6 is 0 Å². The lowest BCUT2D eigenvalue weighted by molar-refractivity contribution is 0.108. The van der Waals surface area contributed by atoms with Gasteiger partial charge < -0.3 is 9.84 Å². The number of unbranched alkanes of at least 4 members (excludes halogenated alkanes) is 1. The fourth-order valence-corrected chi connectivity index (χ4v) is 0.933. The minimum atomic E-state index is -0.133. The van der Waals surface area contributed by atoms with Crippen LogP contribution in [0.5, 0.6) is 0 Å². The van der Waals surface area contributed by atoms with E-state index in [1.165, 1.54) is 0 Å². The molecule has 68 valence electrons. The third-order valence-corrected chi connectivity index (χ3v) is 1.87. The molecule has 11 heavy (non-hydrogen) atoms. The van der Waals surface area contributed by atoms with E-state index in [2.05, 4.69) is 0 Å². The summed E-state index contributed by atoms with van der Waals surface area (Å²) >= 11 is 0. The van der Waals surface area contributed by atoms with Crippen molar-refractivity contribution in [3.05, 3.63) is 0 Å². The molecule has 0 aliphatic heterocycles. The summed E-state index contributed by atoms with van der Waals surface area (Å²) < 4.78 is 4.90. The second-order valence-electron chi connectivity index (χ2n) is 3.30. The van der Waals surface area contributed by atoms with Crippen molar-refractivity contribution in [3.63, 3.8) is 0 Å². The van der Waals surface area contributed by atoms with Gasteiger partial charge in [-0.3, -0.25) is 0 Å². The largest absolute Gasteiger partial charge is 0.393 e. The van der Waals surface area contributed by atoms with Gasteiger partial charge in [0.2, 0.25) is 0 Å². The van der Waals surface area contributed by atoms with Crippen molar-refractivity contribution in [1.82, 2.24) is 0 Å². The van der Waals surface area contributed by atoms with Crippen LogP contribution in [0.2, 0.25) is 0 Å². The summed E-state index contributed by atoms with van der Waals surface area (Å²) in [5, 5.41) is 9.38. The first kappa shape index (κ1) is 10.9. The molecule has 2 nitrogen and oxygen atoms in total. The van der Waals surface area contributed by atoms with Crippen molar-refractivity contribution in [1.29, 1.82) is 0 Å². The summed E-state index contributed by atoms with van der Waals surface area (Å²) in [6.45, 7) is 4.90. The highest BCUT2D eigenvalue weighted by Crippen LogP contribution is 2.09. The van der Waals surface area contributed by atoms with Crippen LogP contribution in [0.15, 0.2) is 0 Å². The number of rotatable bonds is 6. The molecular weight excluding hydrogens is 140 g/mol. The molecule has 0 aliphatic carbocycles. The normalized spacial score (nSPS) is 13.9. The molecule has 0 aromatic heterocycles. The quantitative estimate of drug-likeness (QED) is 0.600. The first-order valence-corrected chi connectivity index (χ1v) is 4.35. The standard InChI is InChI=1S/C9H20O2/c1-8(2)9(10)6-4-5-7-11-3/h8-10H,4-7H2,1-3H3. The second kappa shape index (κ2) is 6.62. The molecule has 0 heterocycles. The van der Waals surface area contributed by atoms with Gasteiger partial charge in [-0.25, -0.2) is 0 Å². The first-order chi connectivity index (χ1) is 5.18. The number of aliphatic hydroxyl groups is 1. The van der Waals surface area contributed by atoms with Gasteiger partial charge in [-0.15, -0.1) is 0 Å². The Labute approximate surface area is 69.6 Å². The van der Waals surface area contributed by atoms with Crippen LogP contribution in [0.1, 0.15) is 33.1 Å². The van der Waals surface area contributed by atoms with Gasteiger partial charge in [0.25, 0.3) is 0 Å². The van der Waals surface area contributed by atoms with E-state index in [1.54, 1.807) is 7.11 Å². The number of ether oxygens (including phenoxy) is 1. The van der Waals surface area contributed by atoms with E-state index in [0.29, 0.717) is 5.92 Å². The molecule has 0 saturated heterocycles. The highest BCUT2D eigenvalue weighted by molar-refractivity contribution is 4.59. The minimum absolute atomic E-state index is 0.133. The highest BCUT2D eigenvalue weighted by atomic mass is 16.5. The lowest BCUT2D eigenvalue weighted by Crippen LogP contribution is -2.14. The molecule has 1 atom stereocenters. The van der Waals surface area contributed by atoms with Gasteiger partial charge in [0.05, 0.1) is 6.10 Å². The average Bonchev–Trinajstić information content (AvgIpc) is 1.97. The Morgan fingerprint density at radius 2 is 1.91 bits per heavy atom. The van der Waals surface area contributed by atoms with Gasteiger partial charge in [-0.2, -0.15) is 0 Å². The van der Waals surface area contributed by atoms with Crippen molar-refractivity contribution in [3.8, 4) is 0 Å².